The number of amides is 1. The molecule has 128 valence electrons. The molecule has 1 saturated heterocycles. The fourth-order valence-electron chi connectivity index (χ4n) is 2.64. The number of carbonyl (C=O) groups excluding carboxylic acids is 1. The van der Waals surface area contributed by atoms with Crippen molar-refractivity contribution >= 4 is 15.7 Å². The van der Waals surface area contributed by atoms with Crippen molar-refractivity contribution in [1.29, 1.82) is 0 Å². The monoisotopic (exact) mass is 349 g/mol. The summed E-state index contributed by atoms with van der Waals surface area (Å²) in [7, 11) is -3.48. The van der Waals surface area contributed by atoms with E-state index in [2.05, 4.69) is 0 Å². The van der Waals surface area contributed by atoms with E-state index in [0.717, 1.165) is 4.90 Å². The van der Waals surface area contributed by atoms with Gasteiger partial charge in [0.25, 0.3) is 0 Å². The minimum atomic E-state index is -4.31. The molecule has 8 heteroatoms. The summed E-state index contributed by atoms with van der Waals surface area (Å²) in [5.41, 5.74) is 0.329. The second kappa shape index (κ2) is 6.51. The van der Waals surface area contributed by atoms with Crippen LogP contribution in [0.25, 0.3) is 0 Å². The quantitative estimate of drug-likeness (QED) is 0.839. The van der Waals surface area contributed by atoms with Gasteiger partial charge in [-0.05, 0) is 18.1 Å². The Morgan fingerprint density at radius 1 is 1.30 bits per heavy atom. The number of benzene rings is 1. The lowest BCUT2D eigenvalue weighted by molar-refractivity contribution is -0.171. The number of hydrogen-bond acceptors (Lipinski definition) is 3. The SMILES string of the molecule is CCS(=O)(=O)c1ccccc1CC(=O)N1CCC(C(F)(F)F)C1. The Morgan fingerprint density at radius 2 is 1.96 bits per heavy atom. The molecule has 4 nitrogen and oxygen atoms in total. The van der Waals surface area contributed by atoms with Crippen molar-refractivity contribution in [3.05, 3.63) is 29.8 Å². The molecule has 23 heavy (non-hydrogen) atoms. The van der Waals surface area contributed by atoms with Gasteiger partial charge in [0.2, 0.25) is 5.91 Å². The molecule has 0 bridgehead atoms. The van der Waals surface area contributed by atoms with E-state index >= 15 is 0 Å². The second-order valence-corrected chi connectivity index (χ2v) is 7.80. The third-order valence-corrected chi connectivity index (χ3v) is 5.86. The molecular formula is C15H18F3NO3S. The highest BCUT2D eigenvalue weighted by Gasteiger charge is 2.44. The Morgan fingerprint density at radius 3 is 2.52 bits per heavy atom. The topological polar surface area (TPSA) is 54.5 Å². The average molecular weight is 349 g/mol. The van der Waals surface area contributed by atoms with Crippen LogP contribution in [-0.4, -0.2) is 44.2 Å². The number of alkyl halides is 3. The van der Waals surface area contributed by atoms with Gasteiger partial charge in [0.05, 0.1) is 23.0 Å². The molecule has 0 aromatic heterocycles. The number of carbonyl (C=O) groups is 1. The van der Waals surface area contributed by atoms with Crippen LogP contribution >= 0.6 is 0 Å². The van der Waals surface area contributed by atoms with E-state index in [-0.39, 0.29) is 36.6 Å². The molecule has 0 spiro atoms. The Kier molecular flexibility index (Phi) is 5.03. The molecular weight excluding hydrogens is 331 g/mol. The minimum absolute atomic E-state index is 0.0473. The number of likely N-dealkylation sites (tertiary alicyclic amines) is 1. The molecule has 1 aromatic carbocycles. The van der Waals surface area contributed by atoms with E-state index in [1.807, 2.05) is 0 Å². The lowest BCUT2D eigenvalue weighted by atomic mass is 10.1. The van der Waals surface area contributed by atoms with Gasteiger partial charge < -0.3 is 4.90 Å². The maximum Gasteiger partial charge on any atom is 0.393 e. The van der Waals surface area contributed by atoms with Gasteiger partial charge in [0.1, 0.15) is 0 Å². The van der Waals surface area contributed by atoms with E-state index < -0.39 is 27.8 Å². The van der Waals surface area contributed by atoms with Crippen LogP contribution in [0.5, 0.6) is 0 Å². The maximum absolute atomic E-state index is 12.7. The van der Waals surface area contributed by atoms with Crippen molar-refractivity contribution in [1.82, 2.24) is 4.90 Å². The van der Waals surface area contributed by atoms with Crippen molar-refractivity contribution < 1.29 is 26.4 Å². The first-order valence-electron chi connectivity index (χ1n) is 7.30. The molecule has 0 radical (unpaired) electrons. The summed E-state index contributed by atoms with van der Waals surface area (Å²) in [6.07, 6.45) is -4.62. The fraction of sp³-hybridized carbons (Fsp3) is 0.533. The molecule has 1 unspecified atom stereocenters. The highest BCUT2D eigenvalue weighted by atomic mass is 32.2. The maximum atomic E-state index is 12.7. The molecule has 2 rings (SSSR count). The molecule has 1 amide bonds. The van der Waals surface area contributed by atoms with E-state index in [4.69, 9.17) is 0 Å². The number of sulfone groups is 1. The number of rotatable bonds is 4. The molecule has 1 fully saturated rings. The molecule has 1 heterocycles. The van der Waals surface area contributed by atoms with E-state index in [1.165, 1.54) is 19.1 Å². The molecule has 1 aliphatic rings. The van der Waals surface area contributed by atoms with Crippen LogP contribution in [0, 0.1) is 5.92 Å². The van der Waals surface area contributed by atoms with Crippen LogP contribution in [0.15, 0.2) is 29.2 Å². The fourth-order valence-corrected chi connectivity index (χ4v) is 3.77. The second-order valence-electron chi connectivity index (χ2n) is 5.55. The highest BCUT2D eigenvalue weighted by Crippen LogP contribution is 2.33. The van der Waals surface area contributed by atoms with Crippen LogP contribution in [-0.2, 0) is 21.1 Å². The zero-order valence-electron chi connectivity index (χ0n) is 12.6. The summed E-state index contributed by atoms with van der Waals surface area (Å²) in [5, 5.41) is 0. The smallest absolute Gasteiger partial charge is 0.342 e. The van der Waals surface area contributed by atoms with Gasteiger partial charge in [0.15, 0.2) is 9.84 Å². The van der Waals surface area contributed by atoms with Crippen LogP contribution in [0.3, 0.4) is 0 Å². The van der Waals surface area contributed by atoms with Gasteiger partial charge in [-0.1, -0.05) is 25.1 Å². The average Bonchev–Trinajstić information content (AvgIpc) is 2.97. The summed E-state index contributed by atoms with van der Waals surface area (Å²) in [6, 6.07) is 6.12. The van der Waals surface area contributed by atoms with Gasteiger partial charge >= 0.3 is 6.18 Å². The van der Waals surface area contributed by atoms with Gasteiger partial charge in [-0.15, -0.1) is 0 Å². The summed E-state index contributed by atoms with van der Waals surface area (Å²) in [6.45, 7) is 1.19. The first-order chi connectivity index (χ1) is 10.6. The molecule has 1 aliphatic heterocycles. The van der Waals surface area contributed by atoms with E-state index in [0.29, 0.717) is 5.56 Å². The van der Waals surface area contributed by atoms with E-state index in [9.17, 15) is 26.4 Å². The zero-order chi connectivity index (χ0) is 17.3. The number of nitrogens with zero attached hydrogens (tertiary/aromatic N) is 1. The lowest BCUT2D eigenvalue weighted by Crippen LogP contribution is -2.33. The van der Waals surface area contributed by atoms with Gasteiger partial charge in [0, 0.05) is 13.1 Å². The third kappa shape index (κ3) is 4.04. The summed E-state index contributed by atoms with van der Waals surface area (Å²) < 4.78 is 62.1. The number of halogens is 3. The van der Waals surface area contributed by atoms with E-state index in [1.54, 1.807) is 12.1 Å². The summed E-state index contributed by atoms with van der Waals surface area (Å²) in [5.74, 6) is -2.07. The first-order valence-corrected chi connectivity index (χ1v) is 8.95. The van der Waals surface area contributed by atoms with Crippen molar-refractivity contribution in [2.24, 2.45) is 5.92 Å². The number of hydrogen-bond donors (Lipinski definition) is 0. The van der Waals surface area contributed by atoms with Crippen LogP contribution in [0.1, 0.15) is 18.9 Å². The van der Waals surface area contributed by atoms with Crippen LogP contribution < -0.4 is 0 Å². The van der Waals surface area contributed by atoms with Crippen LogP contribution in [0.4, 0.5) is 13.2 Å². The van der Waals surface area contributed by atoms with Crippen molar-refractivity contribution in [2.75, 3.05) is 18.8 Å². The van der Waals surface area contributed by atoms with Gasteiger partial charge in [-0.2, -0.15) is 13.2 Å². The molecule has 0 N–H and O–H groups in total. The standard InChI is InChI=1S/C15H18F3NO3S/c1-2-23(21,22)13-6-4-3-5-11(13)9-14(20)19-8-7-12(10-19)15(16,17)18/h3-6,12H,2,7-10H2,1H3. The summed E-state index contributed by atoms with van der Waals surface area (Å²) >= 11 is 0. The zero-order valence-corrected chi connectivity index (χ0v) is 13.5. The predicted molar refractivity (Wildman–Crippen MR) is 78.6 cm³/mol. The predicted octanol–water partition coefficient (Wildman–Crippen LogP) is 2.43. The Balaban J connectivity index is 2.14. The Bertz CT molecular complexity index is 685. The third-order valence-electron chi connectivity index (χ3n) is 4.03. The van der Waals surface area contributed by atoms with Crippen molar-refractivity contribution in [2.45, 2.75) is 30.8 Å². The highest BCUT2D eigenvalue weighted by molar-refractivity contribution is 7.91. The molecule has 1 atom stereocenters. The van der Waals surface area contributed by atoms with Crippen molar-refractivity contribution in [3.63, 3.8) is 0 Å². The Labute approximate surface area is 133 Å². The largest absolute Gasteiger partial charge is 0.393 e. The van der Waals surface area contributed by atoms with Gasteiger partial charge in [-0.3, -0.25) is 4.79 Å². The molecule has 0 saturated carbocycles. The molecule has 0 aliphatic carbocycles. The van der Waals surface area contributed by atoms with Crippen molar-refractivity contribution in [3.8, 4) is 0 Å². The first kappa shape index (κ1) is 17.8. The lowest BCUT2D eigenvalue weighted by Gasteiger charge is -2.18. The van der Waals surface area contributed by atoms with Gasteiger partial charge in [-0.25, -0.2) is 8.42 Å². The Hall–Kier alpha value is -1.57. The minimum Gasteiger partial charge on any atom is -0.342 e. The summed E-state index contributed by atoms with van der Waals surface area (Å²) in [4.78, 5) is 13.5. The normalized spacial score (nSPS) is 19.1. The molecule has 1 aromatic rings. The van der Waals surface area contributed by atoms with Crippen LogP contribution in [0.2, 0.25) is 0 Å².